The van der Waals surface area contributed by atoms with Gasteiger partial charge in [-0.1, -0.05) is 17.2 Å². The Morgan fingerprint density at radius 2 is 1.55 bits per heavy atom. The predicted octanol–water partition coefficient (Wildman–Crippen LogP) is 3.57. The maximum atomic E-state index is 11.2. The Morgan fingerprint density at radius 1 is 0.900 bits per heavy atom. The van der Waals surface area contributed by atoms with Crippen LogP contribution in [0.2, 0.25) is 0 Å². The van der Waals surface area contributed by atoms with Gasteiger partial charge in [0.2, 0.25) is 0 Å². The first-order chi connectivity index (χ1) is 9.45. The molecular formula is C16H26O4. The zero-order valence-corrected chi connectivity index (χ0v) is 13.0. The van der Waals surface area contributed by atoms with E-state index in [4.69, 9.17) is 9.47 Å². The molecule has 0 aromatic heterocycles. The minimum Gasteiger partial charge on any atom is -0.466 e. The van der Waals surface area contributed by atoms with Crippen LogP contribution in [0.25, 0.3) is 0 Å². The second-order valence-corrected chi connectivity index (χ2v) is 4.75. The smallest absolute Gasteiger partial charge is 0.306 e. The second kappa shape index (κ2) is 11.3. The molecule has 114 valence electrons. The molecule has 0 unspecified atom stereocenters. The lowest BCUT2D eigenvalue weighted by molar-refractivity contribution is -0.143. The van der Waals surface area contributed by atoms with Gasteiger partial charge in [-0.3, -0.25) is 9.59 Å². The monoisotopic (exact) mass is 282 g/mol. The number of ether oxygens (including phenoxy) is 2. The molecule has 0 radical (unpaired) electrons. The summed E-state index contributed by atoms with van der Waals surface area (Å²) in [5.41, 5.74) is 2.39. The molecule has 0 bridgehead atoms. The summed E-state index contributed by atoms with van der Waals surface area (Å²) in [5.74, 6) is -0.401. The molecule has 0 saturated carbocycles. The van der Waals surface area contributed by atoms with E-state index in [0.29, 0.717) is 19.6 Å². The topological polar surface area (TPSA) is 52.6 Å². The molecular weight excluding hydrogens is 256 g/mol. The van der Waals surface area contributed by atoms with E-state index in [2.05, 4.69) is 6.08 Å². The number of esters is 2. The van der Waals surface area contributed by atoms with Crippen LogP contribution in [0.5, 0.6) is 0 Å². The van der Waals surface area contributed by atoms with Gasteiger partial charge in [-0.15, -0.1) is 0 Å². The summed E-state index contributed by atoms with van der Waals surface area (Å²) in [7, 11) is 0. The molecule has 0 N–H and O–H groups in total. The van der Waals surface area contributed by atoms with E-state index in [0.717, 1.165) is 19.3 Å². The van der Waals surface area contributed by atoms with Crippen molar-refractivity contribution >= 4 is 11.9 Å². The van der Waals surface area contributed by atoms with Gasteiger partial charge in [-0.05, 0) is 46.1 Å². The van der Waals surface area contributed by atoms with E-state index in [9.17, 15) is 9.59 Å². The maximum Gasteiger partial charge on any atom is 0.306 e. The summed E-state index contributed by atoms with van der Waals surface area (Å²) in [6, 6.07) is 0. The molecule has 0 saturated heterocycles. The fourth-order valence-electron chi connectivity index (χ4n) is 1.58. The van der Waals surface area contributed by atoms with E-state index in [1.165, 1.54) is 18.1 Å². The van der Waals surface area contributed by atoms with Crippen LogP contribution in [0.4, 0.5) is 0 Å². The van der Waals surface area contributed by atoms with Gasteiger partial charge in [0.15, 0.2) is 0 Å². The van der Waals surface area contributed by atoms with Crippen molar-refractivity contribution < 1.29 is 19.1 Å². The van der Waals surface area contributed by atoms with Crippen molar-refractivity contribution in [2.24, 2.45) is 0 Å². The second-order valence-electron chi connectivity index (χ2n) is 4.75. The maximum absolute atomic E-state index is 11.2. The predicted molar refractivity (Wildman–Crippen MR) is 79.2 cm³/mol. The molecule has 0 amide bonds. The third kappa shape index (κ3) is 11.5. The quantitative estimate of drug-likeness (QED) is 0.479. The van der Waals surface area contributed by atoms with Crippen LogP contribution in [-0.2, 0) is 19.1 Å². The van der Waals surface area contributed by atoms with E-state index < -0.39 is 0 Å². The lowest BCUT2D eigenvalue weighted by atomic mass is 10.1. The lowest BCUT2D eigenvalue weighted by Gasteiger charge is -2.03. The zero-order valence-electron chi connectivity index (χ0n) is 13.0. The van der Waals surface area contributed by atoms with Crippen LogP contribution in [0, 0.1) is 0 Å². The van der Waals surface area contributed by atoms with E-state index in [1.807, 2.05) is 26.8 Å². The highest BCUT2D eigenvalue weighted by Gasteiger charge is 2.01. The molecule has 0 atom stereocenters. The Morgan fingerprint density at radius 3 is 2.15 bits per heavy atom. The highest BCUT2D eigenvalue weighted by Crippen LogP contribution is 2.10. The normalized spacial score (nSPS) is 12.2. The number of carbonyl (C=O) groups is 2. The van der Waals surface area contributed by atoms with Crippen LogP contribution >= 0.6 is 0 Å². The van der Waals surface area contributed by atoms with Crippen molar-refractivity contribution in [1.82, 2.24) is 0 Å². The van der Waals surface area contributed by atoms with Crippen LogP contribution in [0.1, 0.15) is 53.4 Å². The number of rotatable bonds is 9. The van der Waals surface area contributed by atoms with Crippen LogP contribution in [0.15, 0.2) is 23.3 Å². The summed E-state index contributed by atoms with van der Waals surface area (Å²) in [4.78, 5) is 21.8. The number of hydrogen-bond acceptors (Lipinski definition) is 4. The van der Waals surface area contributed by atoms with Crippen molar-refractivity contribution in [2.75, 3.05) is 13.2 Å². The molecule has 4 nitrogen and oxygen atoms in total. The molecule has 4 heteroatoms. The van der Waals surface area contributed by atoms with Crippen LogP contribution in [-0.4, -0.2) is 25.2 Å². The average Bonchev–Trinajstić information content (AvgIpc) is 2.36. The van der Waals surface area contributed by atoms with Gasteiger partial charge in [0.1, 0.15) is 6.61 Å². The van der Waals surface area contributed by atoms with E-state index in [-0.39, 0.29) is 11.9 Å². The van der Waals surface area contributed by atoms with Gasteiger partial charge in [0, 0.05) is 13.3 Å². The first kappa shape index (κ1) is 18.4. The minimum absolute atomic E-state index is 0.141. The summed E-state index contributed by atoms with van der Waals surface area (Å²) in [6.07, 6.45) is 7.10. The standard InChI is InChI=1S/C16H26O4/c1-5-19-16(18)10-9-13(2)7-6-8-14(3)11-12-20-15(4)17/h7,11H,5-6,8-10,12H2,1-4H3. The van der Waals surface area contributed by atoms with Crippen molar-refractivity contribution in [2.45, 2.75) is 53.4 Å². The zero-order chi connectivity index (χ0) is 15.4. The Balaban J connectivity index is 3.86. The molecule has 0 aliphatic heterocycles. The SMILES string of the molecule is CCOC(=O)CCC(C)=CCCC(C)=CCOC(C)=O. The first-order valence-corrected chi connectivity index (χ1v) is 7.06. The van der Waals surface area contributed by atoms with Crippen LogP contribution < -0.4 is 0 Å². The molecule has 20 heavy (non-hydrogen) atoms. The molecule has 0 aromatic rings. The Bertz CT molecular complexity index is 367. The van der Waals surface area contributed by atoms with Gasteiger partial charge in [-0.2, -0.15) is 0 Å². The number of allylic oxidation sites excluding steroid dienone is 3. The van der Waals surface area contributed by atoms with Crippen molar-refractivity contribution in [3.63, 3.8) is 0 Å². The van der Waals surface area contributed by atoms with Crippen molar-refractivity contribution in [3.05, 3.63) is 23.3 Å². The third-order valence-corrected chi connectivity index (χ3v) is 2.78. The lowest BCUT2D eigenvalue weighted by Crippen LogP contribution is -2.03. The van der Waals surface area contributed by atoms with Crippen molar-refractivity contribution in [3.8, 4) is 0 Å². The number of carbonyl (C=O) groups excluding carboxylic acids is 2. The van der Waals surface area contributed by atoms with Crippen LogP contribution in [0.3, 0.4) is 0 Å². The van der Waals surface area contributed by atoms with Gasteiger partial charge in [-0.25, -0.2) is 0 Å². The molecule has 0 aliphatic carbocycles. The summed E-state index contributed by atoms with van der Waals surface area (Å²) in [6.45, 7) is 8.04. The van der Waals surface area contributed by atoms with Gasteiger partial charge < -0.3 is 9.47 Å². The van der Waals surface area contributed by atoms with Gasteiger partial charge in [0.25, 0.3) is 0 Å². The summed E-state index contributed by atoms with van der Waals surface area (Å²) >= 11 is 0. The molecule has 0 heterocycles. The minimum atomic E-state index is -0.260. The average molecular weight is 282 g/mol. The highest BCUT2D eigenvalue weighted by atomic mass is 16.5. The molecule has 0 aromatic carbocycles. The third-order valence-electron chi connectivity index (χ3n) is 2.78. The Hall–Kier alpha value is -1.58. The fourth-order valence-corrected chi connectivity index (χ4v) is 1.58. The van der Waals surface area contributed by atoms with E-state index in [1.54, 1.807) is 0 Å². The largest absolute Gasteiger partial charge is 0.466 e. The first-order valence-electron chi connectivity index (χ1n) is 7.06. The highest BCUT2D eigenvalue weighted by molar-refractivity contribution is 5.69. The fraction of sp³-hybridized carbons (Fsp3) is 0.625. The molecule has 0 fully saturated rings. The molecule has 0 spiro atoms. The summed E-state index contributed by atoms with van der Waals surface area (Å²) in [5, 5.41) is 0. The summed E-state index contributed by atoms with van der Waals surface area (Å²) < 4.78 is 9.73. The Labute approximate surface area is 121 Å². The molecule has 0 aliphatic rings. The van der Waals surface area contributed by atoms with Crippen molar-refractivity contribution in [1.29, 1.82) is 0 Å². The van der Waals surface area contributed by atoms with Gasteiger partial charge >= 0.3 is 11.9 Å². The van der Waals surface area contributed by atoms with E-state index >= 15 is 0 Å². The molecule has 0 rings (SSSR count). The Kier molecular flexibility index (Phi) is 10.4. The number of hydrogen-bond donors (Lipinski definition) is 0. The van der Waals surface area contributed by atoms with Gasteiger partial charge in [0.05, 0.1) is 6.61 Å².